The largest absolute Gasteiger partial charge is 0.440 e. The summed E-state index contributed by atoms with van der Waals surface area (Å²) in [5.74, 6) is 0.848. The second-order valence-corrected chi connectivity index (χ2v) is 7.04. The Kier molecular flexibility index (Phi) is 3.96. The highest BCUT2D eigenvalue weighted by molar-refractivity contribution is 5.76. The molecule has 0 radical (unpaired) electrons. The summed E-state index contributed by atoms with van der Waals surface area (Å²) < 4.78 is 8.54. The van der Waals surface area contributed by atoms with E-state index in [1.165, 1.54) is 9.08 Å². The van der Waals surface area contributed by atoms with Crippen LogP contribution in [-0.2, 0) is 11.3 Å². The number of oxazole rings is 1. The number of nitrogens with zero attached hydrogens (tertiary/aromatic N) is 5. The quantitative estimate of drug-likeness (QED) is 0.545. The molecular weight excluding hydrogens is 358 g/mol. The van der Waals surface area contributed by atoms with Crippen LogP contribution in [0, 0.1) is 0 Å². The molecule has 0 aliphatic carbocycles. The number of para-hydroxylation sites is 2. The van der Waals surface area contributed by atoms with Gasteiger partial charge in [0.25, 0.3) is 0 Å². The van der Waals surface area contributed by atoms with Crippen LogP contribution in [0.1, 0.15) is 24.7 Å². The van der Waals surface area contributed by atoms with Gasteiger partial charge in [0.1, 0.15) is 12.1 Å². The molecule has 0 unspecified atom stereocenters. The molecular formula is C20H19N5O3. The summed E-state index contributed by atoms with van der Waals surface area (Å²) in [6.45, 7) is 1.18. The zero-order valence-electron chi connectivity index (χ0n) is 15.2. The molecule has 0 bridgehead atoms. The first-order valence-corrected chi connectivity index (χ1v) is 9.36. The number of benzene rings is 1. The van der Waals surface area contributed by atoms with Gasteiger partial charge in [0.15, 0.2) is 17.1 Å². The van der Waals surface area contributed by atoms with E-state index >= 15 is 0 Å². The molecule has 8 heteroatoms. The molecule has 4 aromatic rings. The molecule has 0 saturated carbocycles. The average Bonchev–Trinajstić information content (AvgIpc) is 3.30. The summed E-state index contributed by atoms with van der Waals surface area (Å²) in [5, 5.41) is 4.23. The molecule has 1 aliphatic rings. The first kappa shape index (κ1) is 16.7. The number of aromatic nitrogens is 4. The maximum absolute atomic E-state index is 12.7. The number of piperidine rings is 1. The Morgan fingerprint density at radius 3 is 2.68 bits per heavy atom. The SMILES string of the molecule is O=C(Cn1nc2ccccn2c1=O)N1CCC(c2nc3ccccc3o2)CC1. The van der Waals surface area contributed by atoms with Gasteiger partial charge in [-0.1, -0.05) is 18.2 Å². The Morgan fingerprint density at radius 1 is 1.11 bits per heavy atom. The Labute approximate surface area is 160 Å². The second-order valence-electron chi connectivity index (χ2n) is 7.04. The summed E-state index contributed by atoms with van der Waals surface area (Å²) in [7, 11) is 0. The van der Waals surface area contributed by atoms with Crippen molar-refractivity contribution in [1.29, 1.82) is 0 Å². The van der Waals surface area contributed by atoms with Gasteiger partial charge in [0.2, 0.25) is 5.91 Å². The number of carbonyl (C=O) groups is 1. The van der Waals surface area contributed by atoms with Crippen molar-refractivity contribution in [2.75, 3.05) is 13.1 Å². The smallest absolute Gasteiger partial charge is 0.350 e. The van der Waals surface area contributed by atoms with Gasteiger partial charge in [0.05, 0.1) is 0 Å². The van der Waals surface area contributed by atoms with E-state index in [0.717, 1.165) is 29.8 Å². The van der Waals surface area contributed by atoms with E-state index in [0.29, 0.717) is 18.7 Å². The minimum atomic E-state index is -0.301. The molecule has 1 aliphatic heterocycles. The molecule has 0 spiro atoms. The maximum atomic E-state index is 12.7. The van der Waals surface area contributed by atoms with Crippen molar-refractivity contribution in [1.82, 2.24) is 24.1 Å². The van der Waals surface area contributed by atoms with Crippen LogP contribution < -0.4 is 5.69 Å². The highest BCUT2D eigenvalue weighted by atomic mass is 16.3. The third-order valence-electron chi connectivity index (χ3n) is 5.28. The fourth-order valence-corrected chi connectivity index (χ4v) is 3.74. The normalized spacial score (nSPS) is 15.5. The molecule has 1 amide bonds. The number of pyridine rings is 1. The third-order valence-corrected chi connectivity index (χ3v) is 5.28. The predicted octanol–water partition coefficient (Wildman–Crippen LogP) is 2.04. The first-order valence-electron chi connectivity index (χ1n) is 9.36. The van der Waals surface area contributed by atoms with Gasteiger partial charge in [0, 0.05) is 25.2 Å². The Hall–Kier alpha value is -3.42. The highest BCUT2D eigenvalue weighted by Crippen LogP contribution is 2.29. The average molecular weight is 377 g/mol. The van der Waals surface area contributed by atoms with Crippen LogP contribution in [0.5, 0.6) is 0 Å². The van der Waals surface area contributed by atoms with Crippen molar-refractivity contribution in [2.45, 2.75) is 25.3 Å². The summed E-state index contributed by atoms with van der Waals surface area (Å²) in [6, 6.07) is 13.0. The molecule has 8 nitrogen and oxygen atoms in total. The molecule has 1 aromatic carbocycles. The monoisotopic (exact) mass is 377 g/mol. The van der Waals surface area contributed by atoms with Gasteiger partial charge in [-0.25, -0.2) is 14.5 Å². The van der Waals surface area contributed by atoms with E-state index < -0.39 is 0 Å². The molecule has 28 heavy (non-hydrogen) atoms. The lowest BCUT2D eigenvalue weighted by molar-refractivity contribution is -0.133. The minimum Gasteiger partial charge on any atom is -0.440 e. The lowest BCUT2D eigenvalue weighted by Crippen LogP contribution is -2.41. The summed E-state index contributed by atoms with van der Waals surface area (Å²) in [5.41, 5.74) is 1.89. The molecule has 1 fully saturated rings. The van der Waals surface area contributed by atoms with Crippen molar-refractivity contribution < 1.29 is 9.21 Å². The number of fused-ring (bicyclic) bond motifs is 2. The lowest BCUT2D eigenvalue weighted by Gasteiger charge is -2.30. The summed E-state index contributed by atoms with van der Waals surface area (Å²) in [6.07, 6.45) is 3.23. The van der Waals surface area contributed by atoms with Crippen molar-refractivity contribution in [2.24, 2.45) is 0 Å². The maximum Gasteiger partial charge on any atom is 0.350 e. The van der Waals surface area contributed by atoms with Crippen molar-refractivity contribution in [3.05, 3.63) is 65.0 Å². The number of amides is 1. The van der Waals surface area contributed by atoms with Gasteiger partial charge in [-0.15, -0.1) is 5.10 Å². The van der Waals surface area contributed by atoms with Crippen molar-refractivity contribution in [3.8, 4) is 0 Å². The van der Waals surface area contributed by atoms with E-state index in [1.807, 2.05) is 30.3 Å². The van der Waals surface area contributed by atoms with E-state index in [4.69, 9.17) is 4.42 Å². The van der Waals surface area contributed by atoms with Crippen LogP contribution in [0.2, 0.25) is 0 Å². The number of rotatable bonds is 3. The second kappa shape index (κ2) is 6.63. The van der Waals surface area contributed by atoms with Crippen LogP contribution in [0.4, 0.5) is 0 Å². The zero-order valence-corrected chi connectivity index (χ0v) is 15.2. The molecule has 5 rings (SSSR count). The number of hydrogen-bond donors (Lipinski definition) is 0. The van der Waals surface area contributed by atoms with Crippen LogP contribution in [0.15, 0.2) is 57.9 Å². The van der Waals surface area contributed by atoms with E-state index in [1.54, 1.807) is 23.2 Å². The standard InChI is InChI=1S/C20H19N5O3/c26-18(13-25-20(27)24-10-4-3-7-17(24)22-25)23-11-8-14(9-12-23)19-21-15-5-1-2-6-16(15)28-19/h1-7,10,14H,8-9,11-13H2. The summed E-state index contributed by atoms with van der Waals surface area (Å²) in [4.78, 5) is 31.4. The third kappa shape index (κ3) is 2.87. The van der Waals surface area contributed by atoms with Crippen molar-refractivity contribution >= 4 is 22.7 Å². The van der Waals surface area contributed by atoms with E-state index in [2.05, 4.69) is 10.1 Å². The Morgan fingerprint density at radius 2 is 1.89 bits per heavy atom. The highest BCUT2D eigenvalue weighted by Gasteiger charge is 2.27. The van der Waals surface area contributed by atoms with Crippen LogP contribution in [0.25, 0.3) is 16.7 Å². The number of carbonyl (C=O) groups excluding carboxylic acids is 1. The van der Waals surface area contributed by atoms with Crippen molar-refractivity contribution in [3.63, 3.8) is 0 Å². The van der Waals surface area contributed by atoms with Gasteiger partial charge < -0.3 is 9.32 Å². The van der Waals surface area contributed by atoms with E-state index in [9.17, 15) is 9.59 Å². The minimum absolute atomic E-state index is 0.0476. The first-order chi connectivity index (χ1) is 13.7. The van der Waals surface area contributed by atoms with Crippen LogP contribution in [0.3, 0.4) is 0 Å². The number of hydrogen-bond acceptors (Lipinski definition) is 5. The van der Waals surface area contributed by atoms with Gasteiger partial charge in [-0.2, -0.15) is 0 Å². The van der Waals surface area contributed by atoms with Gasteiger partial charge in [-0.05, 0) is 37.1 Å². The predicted molar refractivity (Wildman–Crippen MR) is 102 cm³/mol. The Balaban J connectivity index is 1.26. The molecule has 0 atom stereocenters. The van der Waals surface area contributed by atoms with Gasteiger partial charge >= 0.3 is 5.69 Å². The topological polar surface area (TPSA) is 85.6 Å². The molecule has 3 aromatic heterocycles. The molecule has 4 heterocycles. The van der Waals surface area contributed by atoms with Crippen LogP contribution >= 0.6 is 0 Å². The summed E-state index contributed by atoms with van der Waals surface area (Å²) >= 11 is 0. The molecule has 142 valence electrons. The fraction of sp³-hybridized carbons (Fsp3) is 0.300. The van der Waals surface area contributed by atoms with Gasteiger partial charge in [-0.3, -0.25) is 9.20 Å². The van der Waals surface area contributed by atoms with Crippen LogP contribution in [-0.4, -0.2) is 43.1 Å². The Bertz CT molecular complexity index is 1180. The molecule has 1 saturated heterocycles. The number of likely N-dealkylation sites (tertiary alicyclic amines) is 1. The lowest BCUT2D eigenvalue weighted by atomic mass is 9.97. The fourth-order valence-electron chi connectivity index (χ4n) is 3.74. The zero-order chi connectivity index (χ0) is 19.1. The van der Waals surface area contributed by atoms with E-state index in [-0.39, 0.29) is 24.1 Å². The molecule has 0 N–H and O–H groups in total.